The molecule has 2 aromatic rings. The quantitative estimate of drug-likeness (QED) is 0.680. The molecule has 2 aromatic carbocycles. The highest BCUT2D eigenvalue weighted by Gasteiger charge is 2.55. The number of fused-ring (bicyclic) bond motifs is 2. The van der Waals surface area contributed by atoms with Crippen molar-refractivity contribution in [3.05, 3.63) is 65.2 Å². The molecular formula is C24H26N4O4. The lowest BCUT2D eigenvalue weighted by Crippen LogP contribution is -2.45. The predicted molar refractivity (Wildman–Crippen MR) is 119 cm³/mol. The van der Waals surface area contributed by atoms with Crippen LogP contribution in [-0.2, 0) is 32.8 Å². The molecule has 1 aliphatic heterocycles. The van der Waals surface area contributed by atoms with E-state index in [4.69, 9.17) is 0 Å². The van der Waals surface area contributed by atoms with Gasteiger partial charge in [0.05, 0.1) is 6.54 Å². The van der Waals surface area contributed by atoms with E-state index in [-0.39, 0.29) is 12.5 Å². The third kappa shape index (κ3) is 3.72. The van der Waals surface area contributed by atoms with E-state index < -0.39 is 29.9 Å². The molecule has 1 saturated heterocycles. The van der Waals surface area contributed by atoms with Crippen molar-refractivity contribution in [2.75, 3.05) is 25.5 Å². The van der Waals surface area contributed by atoms with Crippen LogP contribution in [0, 0.1) is 0 Å². The minimum Gasteiger partial charge on any atom is -0.335 e. The van der Waals surface area contributed by atoms with Crippen LogP contribution in [-0.4, -0.2) is 53.7 Å². The van der Waals surface area contributed by atoms with Crippen molar-refractivity contribution in [1.82, 2.24) is 15.1 Å². The number of hydrogen-bond acceptors (Lipinski definition) is 4. The summed E-state index contributed by atoms with van der Waals surface area (Å²) in [6, 6.07) is 14.4. The first-order chi connectivity index (χ1) is 15.4. The van der Waals surface area contributed by atoms with Crippen LogP contribution in [0.5, 0.6) is 0 Å². The molecule has 2 aliphatic rings. The van der Waals surface area contributed by atoms with E-state index in [1.54, 1.807) is 0 Å². The van der Waals surface area contributed by atoms with Crippen LogP contribution in [0.1, 0.15) is 30.0 Å². The topological polar surface area (TPSA) is 98.8 Å². The maximum Gasteiger partial charge on any atom is 0.325 e. The summed E-state index contributed by atoms with van der Waals surface area (Å²) in [5.74, 6) is -1.26. The van der Waals surface area contributed by atoms with Crippen molar-refractivity contribution < 1.29 is 19.2 Å². The van der Waals surface area contributed by atoms with Crippen molar-refractivity contribution >= 4 is 29.4 Å². The number of urea groups is 1. The summed E-state index contributed by atoms with van der Waals surface area (Å²) in [5, 5.41) is 5.62. The van der Waals surface area contributed by atoms with Gasteiger partial charge in [-0.3, -0.25) is 19.3 Å². The van der Waals surface area contributed by atoms with Gasteiger partial charge in [0, 0.05) is 12.7 Å². The van der Waals surface area contributed by atoms with E-state index in [0.29, 0.717) is 18.5 Å². The maximum absolute atomic E-state index is 13.2. The minimum atomic E-state index is -1.10. The fourth-order valence-corrected chi connectivity index (χ4v) is 4.43. The Hall–Kier alpha value is -3.68. The van der Waals surface area contributed by atoms with Gasteiger partial charge in [-0.05, 0) is 42.0 Å². The lowest BCUT2D eigenvalue weighted by atomic mass is 9.92. The number of imide groups is 1. The molecule has 32 heavy (non-hydrogen) atoms. The fraction of sp³-hybridized carbons (Fsp3) is 0.333. The Balaban J connectivity index is 1.40. The van der Waals surface area contributed by atoms with Crippen LogP contribution in [0.25, 0.3) is 0 Å². The molecule has 0 unspecified atom stereocenters. The molecule has 0 aromatic heterocycles. The third-order valence-electron chi connectivity index (χ3n) is 6.19. The minimum absolute atomic E-state index is 0.186. The highest BCUT2D eigenvalue weighted by Crippen LogP contribution is 2.41. The molecule has 0 saturated carbocycles. The standard InChI is InChI=1S/C24H26N4O4/c1-3-16-8-5-7-11-19(16)25-20(29)14-27(2)21(30)15-28-22(31)24(26-23(28)32)13-12-17-9-4-6-10-18(17)24/h4-11H,3,12-15H2,1-2H3,(H,25,29)(H,26,32)/t24-/m0/s1. The number of amides is 5. The molecule has 166 valence electrons. The number of aryl methyl sites for hydroxylation is 2. The summed E-state index contributed by atoms with van der Waals surface area (Å²) >= 11 is 0. The summed E-state index contributed by atoms with van der Waals surface area (Å²) in [7, 11) is 1.48. The van der Waals surface area contributed by atoms with Crippen molar-refractivity contribution in [2.45, 2.75) is 31.7 Å². The molecule has 4 rings (SSSR count). The Kier molecular flexibility index (Phi) is 5.69. The van der Waals surface area contributed by atoms with E-state index >= 15 is 0 Å². The first-order valence-corrected chi connectivity index (χ1v) is 10.7. The molecule has 0 bridgehead atoms. The summed E-state index contributed by atoms with van der Waals surface area (Å²) in [6.07, 6.45) is 1.92. The summed E-state index contributed by atoms with van der Waals surface area (Å²) in [4.78, 5) is 53.1. The van der Waals surface area contributed by atoms with Gasteiger partial charge in [-0.1, -0.05) is 49.4 Å². The highest BCUT2D eigenvalue weighted by atomic mass is 16.2. The Labute approximate surface area is 186 Å². The van der Waals surface area contributed by atoms with Crippen LogP contribution in [0.4, 0.5) is 10.5 Å². The van der Waals surface area contributed by atoms with Gasteiger partial charge in [-0.25, -0.2) is 4.79 Å². The number of benzene rings is 2. The van der Waals surface area contributed by atoms with E-state index in [2.05, 4.69) is 10.6 Å². The van der Waals surface area contributed by atoms with E-state index in [1.165, 1.54) is 11.9 Å². The molecule has 1 heterocycles. The molecule has 0 radical (unpaired) electrons. The SMILES string of the molecule is CCc1ccccc1NC(=O)CN(C)C(=O)CN1C(=O)N[C@]2(CCc3ccccc32)C1=O. The van der Waals surface area contributed by atoms with Crippen LogP contribution >= 0.6 is 0 Å². The van der Waals surface area contributed by atoms with E-state index in [0.717, 1.165) is 28.0 Å². The van der Waals surface area contributed by atoms with Crippen LogP contribution in [0.2, 0.25) is 0 Å². The molecule has 8 heteroatoms. The second-order valence-corrected chi connectivity index (χ2v) is 8.19. The van der Waals surface area contributed by atoms with E-state index in [9.17, 15) is 19.2 Å². The molecular weight excluding hydrogens is 408 g/mol. The number of hydrogen-bond donors (Lipinski definition) is 2. The zero-order valence-corrected chi connectivity index (χ0v) is 18.2. The van der Waals surface area contributed by atoms with Crippen molar-refractivity contribution in [1.29, 1.82) is 0 Å². The van der Waals surface area contributed by atoms with Gasteiger partial charge in [0.2, 0.25) is 11.8 Å². The van der Waals surface area contributed by atoms with Crippen LogP contribution in [0.15, 0.2) is 48.5 Å². The average molecular weight is 434 g/mol. The Morgan fingerprint density at radius 2 is 1.84 bits per heavy atom. The number of nitrogens with zero attached hydrogens (tertiary/aromatic N) is 2. The Bertz CT molecular complexity index is 1100. The lowest BCUT2D eigenvalue weighted by molar-refractivity contribution is -0.139. The van der Waals surface area contributed by atoms with Gasteiger partial charge in [0.25, 0.3) is 5.91 Å². The second-order valence-electron chi connectivity index (χ2n) is 8.19. The second kappa shape index (κ2) is 8.45. The monoisotopic (exact) mass is 434 g/mol. The number of anilines is 1. The number of likely N-dealkylation sites (N-methyl/N-ethyl adjacent to an activating group) is 1. The molecule has 1 fully saturated rings. The zero-order chi connectivity index (χ0) is 22.9. The van der Waals surface area contributed by atoms with Crippen molar-refractivity contribution in [2.24, 2.45) is 0 Å². The van der Waals surface area contributed by atoms with Crippen molar-refractivity contribution in [3.63, 3.8) is 0 Å². The third-order valence-corrected chi connectivity index (χ3v) is 6.19. The molecule has 1 spiro atoms. The fourth-order valence-electron chi connectivity index (χ4n) is 4.43. The smallest absolute Gasteiger partial charge is 0.325 e. The molecule has 8 nitrogen and oxygen atoms in total. The number of carbonyl (C=O) groups excluding carboxylic acids is 4. The summed E-state index contributed by atoms with van der Waals surface area (Å²) in [6.45, 7) is 1.40. The number of nitrogens with one attached hydrogen (secondary N) is 2. The number of rotatable bonds is 6. The van der Waals surface area contributed by atoms with Gasteiger partial charge < -0.3 is 15.5 Å². The van der Waals surface area contributed by atoms with Gasteiger partial charge in [0.1, 0.15) is 12.1 Å². The first-order valence-electron chi connectivity index (χ1n) is 10.7. The van der Waals surface area contributed by atoms with Gasteiger partial charge >= 0.3 is 6.03 Å². The largest absolute Gasteiger partial charge is 0.335 e. The highest BCUT2D eigenvalue weighted by molar-refractivity contribution is 6.10. The van der Waals surface area contributed by atoms with Crippen LogP contribution < -0.4 is 10.6 Å². The van der Waals surface area contributed by atoms with Gasteiger partial charge in [0.15, 0.2) is 0 Å². The summed E-state index contributed by atoms with van der Waals surface area (Å²) < 4.78 is 0. The normalized spacial score (nSPS) is 19.1. The Morgan fingerprint density at radius 3 is 2.62 bits per heavy atom. The molecule has 1 aliphatic carbocycles. The van der Waals surface area contributed by atoms with Crippen molar-refractivity contribution in [3.8, 4) is 0 Å². The first kappa shape index (κ1) is 21.5. The number of carbonyl (C=O) groups is 4. The molecule has 1 atom stereocenters. The number of para-hydroxylation sites is 1. The van der Waals surface area contributed by atoms with Gasteiger partial charge in [-0.15, -0.1) is 0 Å². The van der Waals surface area contributed by atoms with Crippen LogP contribution in [0.3, 0.4) is 0 Å². The predicted octanol–water partition coefficient (Wildman–Crippen LogP) is 2.04. The van der Waals surface area contributed by atoms with Gasteiger partial charge in [-0.2, -0.15) is 0 Å². The average Bonchev–Trinajstić information content (AvgIpc) is 3.27. The Morgan fingerprint density at radius 1 is 1.12 bits per heavy atom. The molecule has 2 N–H and O–H groups in total. The van der Waals surface area contributed by atoms with E-state index in [1.807, 2.05) is 55.5 Å². The summed E-state index contributed by atoms with van der Waals surface area (Å²) in [5.41, 5.74) is 2.41. The maximum atomic E-state index is 13.2. The lowest BCUT2D eigenvalue weighted by Gasteiger charge is -2.23. The zero-order valence-electron chi connectivity index (χ0n) is 18.2. The molecule has 5 amide bonds.